The standard InChI is InChI=1S/C14H19BrCl2O/c1-2-18-9-3-8-14(10-16,11-17)12-4-6-13(15)7-5-12/h4-7H,2-3,8-11H2,1H3. The monoisotopic (exact) mass is 352 g/mol. The lowest BCUT2D eigenvalue weighted by atomic mass is 9.80. The molecule has 0 unspecified atom stereocenters. The van der Waals surface area contributed by atoms with E-state index in [1.165, 1.54) is 5.56 Å². The topological polar surface area (TPSA) is 9.23 Å². The summed E-state index contributed by atoms with van der Waals surface area (Å²) in [5.41, 5.74) is 1.05. The third-order valence-corrected chi connectivity index (χ3v) is 4.67. The van der Waals surface area contributed by atoms with E-state index in [9.17, 15) is 0 Å². The number of ether oxygens (including phenoxy) is 1. The minimum Gasteiger partial charge on any atom is -0.382 e. The number of hydrogen-bond acceptors (Lipinski definition) is 1. The zero-order valence-corrected chi connectivity index (χ0v) is 13.7. The normalized spacial score (nSPS) is 11.8. The molecule has 0 radical (unpaired) electrons. The maximum Gasteiger partial charge on any atom is 0.0466 e. The van der Waals surface area contributed by atoms with Gasteiger partial charge in [-0.2, -0.15) is 0 Å². The van der Waals surface area contributed by atoms with E-state index in [0.29, 0.717) is 11.8 Å². The van der Waals surface area contributed by atoms with E-state index in [1.54, 1.807) is 0 Å². The third kappa shape index (κ3) is 4.41. The van der Waals surface area contributed by atoms with E-state index in [4.69, 9.17) is 27.9 Å². The van der Waals surface area contributed by atoms with Gasteiger partial charge in [0.15, 0.2) is 0 Å². The molecular formula is C14H19BrCl2O. The molecule has 0 aliphatic heterocycles. The van der Waals surface area contributed by atoms with Crippen LogP contribution in [0, 0.1) is 0 Å². The van der Waals surface area contributed by atoms with Gasteiger partial charge in [-0.15, -0.1) is 23.2 Å². The molecule has 1 nitrogen and oxygen atoms in total. The average molecular weight is 354 g/mol. The van der Waals surface area contributed by atoms with Crippen LogP contribution in [0.4, 0.5) is 0 Å². The Hall–Kier alpha value is 0.240. The first-order chi connectivity index (χ1) is 8.68. The van der Waals surface area contributed by atoms with Crippen LogP contribution in [0.15, 0.2) is 28.7 Å². The summed E-state index contributed by atoms with van der Waals surface area (Å²) < 4.78 is 6.45. The zero-order chi connectivity index (χ0) is 13.4. The van der Waals surface area contributed by atoms with Crippen LogP contribution in [0.3, 0.4) is 0 Å². The Morgan fingerprint density at radius 1 is 1.17 bits per heavy atom. The van der Waals surface area contributed by atoms with Crippen LogP contribution in [-0.2, 0) is 10.2 Å². The predicted octanol–water partition coefficient (Wildman–Crippen LogP) is 4.98. The highest BCUT2D eigenvalue weighted by Crippen LogP contribution is 2.33. The largest absolute Gasteiger partial charge is 0.382 e. The summed E-state index contributed by atoms with van der Waals surface area (Å²) in [7, 11) is 0. The lowest BCUT2D eigenvalue weighted by Gasteiger charge is -2.30. The van der Waals surface area contributed by atoms with Crippen molar-refractivity contribution >= 4 is 39.1 Å². The highest BCUT2D eigenvalue weighted by atomic mass is 79.9. The lowest BCUT2D eigenvalue weighted by molar-refractivity contribution is 0.139. The van der Waals surface area contributed by atoms with Crippen molar-refractivity contribution in [2.45, 2.75) is 25.2 Å². The van der Waals surface area contributed by atoms with Gasteiger partial charge in [0.2, 0.25) is 0 Å². The molecule has 18 heavy (non-hydrogen) atoms. The highest BCUT2D eigenvalue weighted by molar-refractivity contribution is 9.10. The van der Waals surface area contributed by atoms with Gasteiger partial charge in [-0.05, 0) is 37.5 Å². The van der Waals surface area contributed by atoms with E-state index in [2.05, 4.69) is 28.1 Å². The molecule has 0 atom stereocenters. The second-order valence-electron chi connectivity index (χ2n) is 4.35. The van der Waals surface area contributed by atoms with E-state index in [1.807, 2.05) is 19.1 Å². The van der Waals surface area contributed by atoms with E-state index >= 15 is 0 Å². The van der Waals surface area contributed by atoms with E-state index in [-0.39, 0.29) is 5.41 Å². The Bertz CT molecular complexity index is 336. The Morgan fingerprint density at radius 2 is 1.78 bits per heavy atom. The van der Waals surface area contributed by atoms with Crippen LogP contribution < -0.4 is 0 Å². The Kier molecular flexibility index (Phi) is 7.62. The summed E-state index contributed by atoms with van der Waals surface area (Å²) in [5.74, 6) is 1.06. The lowest BCUT2D eigenvalue weighted by Crippen LogP contribution is -2.31. The molecule has 0 aromatic heterocycles. The van der Waals surface area contributed by atoms with Crippen LogP contribution in [0.5, 0.6) is 0 Å². The molecular weight excluding hydrogens is 335 g/mol. The van der Waals surface area contributed by atoms with Gasteiger partial charge >= 0.3 is 0 Å². The first-order valence-electron chi connectivity index (χ1n) is 6.14. The van der Waals surface area contributed by atoms with Crippen molar-refractivity contribution in [1.82, 2.24) is 0 Å². The first kappa shape index (κ1) is 16.3. The maximum absolute atomic E-state index is 6.17. The summed E-state index contributed by atoms with van der Waals surface area (Å²) in [6.45, 7) is 3.53. The molecule has 0 N–H and O–H groups in total. The third-order valence-electron chi connectivity index (χ3n) is 3.12. The van der Waals surface area contributed by atoms with Crippen molar-refractivity contribution in [3.05, 3.63) is 34.3 Å². The van der Waals surface area contributed by atoms with Gasteiger partial charge in [-0.25, -0.2) is 0 Å². The van der Waals surface area contributed by atoms with Crippen LogP contribution >= 0.6 is 39.1 Å². The Morgan fingerprint density at radius 3 is 2.28 bits per heavy atom. The Labute approximate surface area is 128 Å². The van der Waals surface area contributed by atoms with Crippen molar-refractivity contribution in [3.63, 3.8) is 0 Å². The second-order valence-corrected chi connectivity index (χ2v) is 5.81. The fraction of sp³-hybridized carbons (Fsp3) is 0.571. The summed E-state index contributed by atoms with van der Waals surface area (Å²) in [4.78, 5) is 0. The molecule has 1 rings (SSSR count). The van der Waals surface area contributed by atoms with Crippen molar-refractivity contribution in [2.24, 2.45) is 0 Å². The molecule has 0 spiro atoms. The van der Waals surface area contributed by atoms with Crippen molar-refractivity contribution in [3.8, 4) is 0 Å². The Balaban J connectivity index is 2.75. The van der Waals surface area contributed by atoms with Crippen LogP contribution in [0.25, 0.3) is 0 Å². The van der Waals surface area contributed by atoms with Crippen LogP contribution in [0.1, 0.15) is 25.3 Å². The van der Waals surface area contributed by atoms with E-state index < -0.39 is 0 Å². The fourth-order valence-electron chi connectivity index (χ4n) is 1.93. The van der Waals surface area contributed by atoms with Gasteiger partial charge in [0, 0.05) is 34.9 Å². The highest BCUT2D eigenvalue weighted by Gasteiger charge is 2.30. The molecule has 0 amide bonds. The molecule has 0 heterocycles. The number of rotatable bonds is 8. The average Bonchev–Trinajstić information content (AvgIpc) is 2.41. The molecule has 0 fully saturated rings. The van der Waals surface area contributed by atoms with Gasteiger partial charge in [0.25, 0.3) is 0 Å². The van der Waals surface area contributed by atoms with E-state index in [0.717, 1.165) is 30.5 Å². The molecule has 1 aromatic rings. The van der Waals surface area contributed by atoms with Gasteiger partial charge in [0.1, 0.15) is 0 Å². The molecule has 102 valence electrons. The summed E-state index contributed by atoms with van der Waals surface area (Å²) in [5, 5.41) is 0. The fourth-order valence-corrected chi connectivity index (χ4v) is 3.05. The quantitative estimate of drug-likeness (QED) is 0.473. The summed E-state index contributed by atoms with van der Waals surface area (Å²) >= 11 is 15.8. The molecule has 1 aromatic carbocycles. The van der Waals surface area contributed by atoms with Crippen LogP contribution in [0.2, 0.25) is 0 Å². The molecule has 0 aliphatic carbocycles. The SMILES string of the molecule is CCOCCCC(CCl)(CCl)c1ccc(Br)cc1. The van der Waals surface area contributed by atoms with Gasteiger partial charge < -0.3 is 4.74 Å². The minimum atomic E-state index is -0.152. The molecule has 0 aliphatic rings. The van der Waals surface area contributed by atoms with Gasteiger partial charge in [-0.1, -0.05) is 28.1 Å². The van der Waals surface area contributed by atoms with Gasteiger partial charge in [-0.3, -0.25) is 0 Å². The van der Waals surface area contributed by atoms with Crippen molar-refractivity contribution in [1.29, 1.82) is 0 Å². The smallest absolute Gasteiger partial charge is 0.0466 e. The maximum atomic E-state index is 6.17. The van der Waals surface area contributed by atoms with Gasteiger partial charge in [0.05, 0.1) is 0 Å². The van der Waals surface area contributed by atoms with Crippen molar-refractivity contribution in [2.75, 3.05) is 25.0 Å². The molecule has 0 saturated carbocycles. The molecule has 4 heteroatoms. The predicted molar refractivity (Wildman–Crippen MR) is 83.0 cm³/mol. The van der Waals surface area contributed by atoms with Crippen molar-refractivity contribution < 1.29 is 4.74 Å². The molecule has 0 bridgehead atoms. The minimum absolute atomic E-state index is 0.152. The number of hydrogen-bond donors (Lipinski definition) is 0. The van der Waals surface area contributed by atoms with Crippen LogP contribution in [-0.4, -0.2) is 25.0 Å². The number of alkyl halides is 2. The number of benzene rings is 1. The molecule has 0 saturated heterocycles. The first-order valence-corrected chi connectivity index (χ1v) is 8.00. The summed E-state index contributed by atoms with van der Waals surface area (Å²) in [6, 6.07) is 8.25. The number of halogens is 3. The summed E-state index contributed by atoms with van der Waals surface area (Å²) in [6.07, 6.45) is 1.92. The second kappa shape index (κ2) is 8.42. The zero-order valence-electron chi connectivity index (χ0n) is 10.6.